The number of benzene rings is 2. The van der Waals surface area contributed by atoms with Crippen molar-refractivity contribution < 1.29 is 4.39 Å². The van der Waals surface area contributed by atoms with Crippen LogP contribution in [0.1, 0.15) is 11.1 Å². The van der Waals surface area contributed by atoms with Crippen LogP contribution in [0.2, 0.25) is 0 Å². The van der Waals surface area contributed by atoms with Crippen LogP contribution >= 0.6 is 12.2 Å². The van der Waals surface area contributed by atoms with E-state index >= 15 is 0 Å². The summed E-state index contributed by atoms with van der Waals surface area (Å²) in [5, 5.41) is 4.01. The van der Waals surface area contributed by atoms with Gasteiger partial charge < -0.3 is 5.73 Å². The van der Waals surface area contributed by atoms with Gasteiger partial charge in [0.05, 0.1) is 6.21 Å². The average molecular weight is 287 g/mol. The van der Waals surface area contributed by atoms with Crippen molar-refractivity contribution in [3.63, 3.8) is 0 Å². The lowest BCUT2D eigenvalue weighted by Gasteiger charge is -2.07. The number of halogens is 1. The maximum Gasteiger partial charge on any atom is 0.184 e. The van der Waals surface area contributed by atoms with Gasteiger partial charge in [0.2, 0.25) is 0 Å². The topological polar surface area (TPSA) is 50.4 Å². The maximum atomic E-state index is 13.4. The lowest BCUT2D eigenvalue weighted by molar-refractivity contribution is 0.628. The Kier molecular flexibility index (Phi) is 4.42. The van der Waals surface area contributed by atoms with Gasteiger partial charge in [-0.2, -0.15) is 5.10 Å². The van der Waals surface area contributed by atoms with E-state index < -0.39 is 0 Å². The third-order valence-corrected chi connectivity index (χ3v) is 2.88. The van der Waals surface area contributed by atoms with Crippen LogP contribution in [0, 0.1) is 12.7 Å². The molecule has 0 heterocycles. The maximum absolute atomic E-state index is 13.4. The smallest absolute Gasteiger partial charge is 0.184 e. The Bertz CT molecular complexity index is 668. The Hall–Kier alpha value is -2.27. The van der Waals surface area contributed by atoms with E-state index in [1.807, 2.05) is 31.2 Å². The first kappa shape index (κ1) is 14.1. The molecule has 0 aliphatic heterocycles. The van der Waals surface area contributed by atoms with Gasteiger partial charge in [-0.15, -0.1) is 0 Å². The van der Waals surface area contributed by atoms with Gasteiger partial charge in [-0.05, 0) is 59.6 Å². The fourth-order valence-electron chi connectivity index (χ4n) is 1.86. The Morgan fingerprint density at radius 3 is 2.85 bits per heavy atom. The first-order chi connectivity index (χ1) is 9.56. The molecule has 2 rings (SSSR count). The molecule has 0 bridgehead atoms. The Morgan fingerprint density at radius 1 is 1.30 bits per heavy atom. The predicted octanol–water partition coefficient (Wildman–Crippen LogP) is 2.97. The number of hydrazone groups is 1. The lowest BCUT2D eigenvalue weighted by atomic mass is 9.99. The fraction of sp³-hybridized carbons (Fsp3) is 0.0667. The molecular formula is C15H14FN3S. The molecule has 3 N–H and O–H groups in total. The third-order valence-electron chi connectivity index (χ3n) is 2.79. The van der Waals surface area contributed by atoms with Crippen LogP contribution in [-0.2, 0) is 0 Å². The molecular weight excluding hydrogens is 273 g/mol. The zero-order valence-corrected chi connectivity index (χ0v) is 11.7. The van der Waals surface area contributed by atoms with Crippen LogP contribution in [0.15, 0.2) is 47.6 Å². The van der Waals surface area contributed by atoms with Gasteiger partial charge in [-0.3, -0.25) is 5.43 Å². The summed E-state index contributed by atoms with van der Waals surface area (Å²) >= 11 is 4.66. The van der Waals surface area contributed by atoms with Gasteiger partial charge in [-0.25, -0.2) is 4.39 Å². The highest BCUT2D eigenvalue weighted by molar-refractivity contribution is 7.80. The van der Waals surface area contributed by atoms with Crippen molar-refractivity contribution in [3.8, 4) is 11.1 Å². The van der Waals surface area contributed by atoms with Crippen LogP contribution in [0.3, 0.4) is 0 Å². The van der Waals surface area contributed by atoms with E-state index in [9.17, 15) is 4.39 Å². The van der Waals surface area contributed by atoms with Crippen molar-refractivity contribution in [2.45, 2.75) is 6.92 Å². The van der Waals surface area contributed by atoms with Gasteiger partial charge in [0.25, 0.3) is 0 Å². The highest BCUT2D eigenvalue weighted by atomic mass is 32.1. The molecule has 0 spiro atoms. The second kappa shape index (κ2) is 6.25. The summed E-state index contributed by atoms with van der Waals surface area (Å²) in [6, 6.07) is 12.4. The molecule has 2 aromatic rings. The molecule has 2 aromatic carbocycles. The molecule has 102 valence electrons. The SMILES string of the molecule is Cc1ccc(F)cc1-c1cccc(C=NNC(N)=S)c1. The second-order valence-electron chi connectivity index (χ2n) is 4.32. The van der Waals surface area contributed by atoms with Gasteiger partial charge >= 0.3 is 0 Å². The monoisotopic (exact) mass is 287 g/mol. The van der Waals surface area contributed by atoms with Crippen LogP contribution in [0.25, 0.3) is 11.1 Å². The average Bonchev–Trinajstić information content (AvgIpc) is 2.41. The fourth-order valence-corrected chi connectivity index (χ4v) is 1.91. The zero-order chi connectivity index (χ0) is 14.5. The largest absolute Gasteiger partial charge is 0.375 e. The number of nitrogens with one attached hydrogen (secondary N) is 1. The van der Waals surface area contributed by atoms with E-state index in [0.29, 0.717) is 0 Å². The van der Waals surface area contributed by atoms with Gasteiger partial charge in [-0.1, -0.05) is 24.3 Å². The van der Waals surface area contributed by atoms with Crippen molar-refractivity contribution in [1.29, 1.82) is 0 Å². The lowest BCUT2D eigenvalue weighted by Crippen LogP contribution is -2.23. The van der Waals surface area contributed by atoms with E-state index in [2.05, 4.69) is 22.7 Å². The highest BCUT2D eigenvalue weighted by Crippen LogP contribution is 2.24. The van der Waals surface area contributed by atoms with Gasteiger partial charge in [0.1, 0.15) is 5.82 Å². The Morgan fingerprint density at radius 2 is 2.10 bits per heavy atom. The Labute approximate surface area is 122 Å². The van der Waals surface area contributed by atoms with Crippen molar-refractivity contribution in [3.05, 3.63) is 59.4 Å². The number of thiocarbonyl (C=S) groups is 1. The third kappa shape index (κ3) is 3.61. The van der Waals surface area contributed by atoms with Crippen LogP contribution in [-0.4, -0.2) is 11.3 Å². The minimum absolute atomic E-state index is 0.110. The first-order valence-electron chi connectivity index (χ1n) is 6.01. The Balaban J connectivity index is 2.32. The van der Waals surface area contributed by atoms with Crippen LogP contribution in [0.4, 0.5) is 4.39 Å². The summed E-state index contributed by atoms with van der Waals surface area (Å²) < 4.78 is 13.4. The molecule has 3 nitrogen and oxygen atoms in total. The molecule has 0 unspecified atom stereocenters. The molecule has 0 aliphatic carbocycles. The quantitative estimate of drug-likeness (QED) is 0.518. The van der Waals surface area contributed by atoms with Crippen molar-refractivity contribution in [2.24, 2.45) is 10.8 Å². The number of hydrogen-bond acceptors (Lipinski definition) is 2. The molecule has 0 fully saturated rings. The summed E-state index contributed by atoms with van der Waals surface area (Å²) in [4.78, 5) is 0. The van der Waals surface area contributed by atoms with Crippen molar-refractivity contribution >= 4 is 23.5 Å². The van der Waals surface area contributed by atoms with E-state index in [-0.39, 0.29) is 10.9 Å². The molecule has 0 saturated carbocycles. The standard InChI is InChI=1S/C15H14FN3S/c1-10-5-6-13(16)8-14(10)12-4-2-3-11(7-12)9-18-19-15(17)20/h2-9H,1H3,(H3,17,19,20). The van der Waals surface area contributed by atoms with Crippen molar-refractivity contribution in [2.75, 3.05) is 0 Å². The number of aryl methyl sites for hydroxylation is 1. The molecule has 0 atom stereocenters. The van der Waals surface area contributed by atoms with Crippen LogP contribution < -0.4 is 11.2 Å². The molecule has 0 radical (unpaired) electrons. The first-order valence-corrected chi connectivity index (χ1v) is 6.42. The summed E-state index contributed by atoms with van der Waals surface area (Å²) in [6.45, 7) is 1.95. The minimum Gasteiger partial charge on any atom is -0.375 e. The second-order valence-corrected chi connectivity index (χ2v) is 4.76. The summed E-state index contributed by atoms with van der Waals surface area (Å²) in [7, 11) is 0. The number of nitrogens with zero attached hydrogens (tertiary/aromatic N) is 1. The molecule has 0 saturated heterocycles. The number of nitrogens with two attached hydrogens (primary N) is 1. The normalized spacial score (nSPS) is 10.7. The molecule has 20 heavy (non-hydrogen) atoms. The van der Waals surface area contributed by atoms with E-state index in [1.165, 1.54) is 12.1 Å². The molecule has 0 amide bonds. The van der Waals surface area contributed by atoms with Gasteiger partial charge in [0, 0.05) is 0 Å². The van der Waals surface area contributed by atoms with E-state index in [1.54, 1.807) is 12.3 Å². The number of hydrogen-bond donors (Lipinski definition) is 2. The van der Waals surface area contributed by atoms with E-state index in [0.717, 1.165) is 22.3 Å². The van der Waals surface area contributed by atoms with Crippen molar-refractivity contribution in [1.82, 2.24) is 5.43 Å². The summed E-state index contributed by atoms with van der Waals surface area (Å²) in [5.74, 6) is -0.250. The number of rotatable bonds is 3. The molecule has 0 aliphatic rings. The summed E-state index contributed by atoms with van der Waals surface area (Å²) in [6.07, 6.45) is 1.61. The zero-order valence-electron chi connectivity index (χ0n) is 10.9. The van der Waals surface area contributed by atoms with Gasteiger partial charge in [0.15, 0.2) is 5.11 Å². The predicted molar refractivity (Wildman–Crippen MR) is 84.1 cm³/mol. The van der Waals surface area contributed by atoms with E-state index in [4.69, 9.17) is 5.73 Å². The molecule has 0 aromatic heterocycles. The van der Waals surface area contributed by atoms with Crippen LogP contribution in [0.5, 0.6) is 0 Å². The molecule has 5 heteroatoms. The minimum atomic E-state index is -0.250. The summed E-state index contributed by atoms with van der Waals surface area (Å²) in [5.41, 5.74) is 11.5. The highest BCUT2D eigenvalue weighted by Gasteiger charge is 2.04.